The molecular formula is C29H32N4O4S. The highest BCUT2D eigenvalue weighted by Gasteiger charge is 2.26. The average molecular weight is 533 g/mol. The van der Waals surface area contributed by atoms with Crippen LogP contribution in [-0.4, -0.2) is 72.9 Å². The number of aliphatic hydroxyl groups is 1. The van der Waals surface area contributed by atoms with Crippen molar-refractivity contribution in [3.8, 4) is 11.3 Å². The van der Waals surface area contributed by atoms with Crippen LogP contribution in [0, 0.1) is 0 Å². The average Bonchev–Trinajstić information content (AvgIpc) is 3.33. The van der Waals surface area contributed by atoms with E-state index in [0.717, 1.165) is 61.4 Å². The van der Waals surface area contributed by atoms with Crippen molar-refractivity contribution in [2.75, 3.05) is 44.3 Å². The van der Waals surface area contributed by atoms with Crippen LogP contribution in [0.5, 0.6) is 0 Å². The van der Waals surface area contributed by atoms with Crippen LogP contribution in [0.1, 0.15) is 18.5 Å². The van der Waals surface area contributed by atoms with Crippen molar-refractivity contribution in [1.82, 2.24) is 13.9 Å². The van der Waals surface area contributed by atoms with E-state index in [0.29, 0.717) is 31.0 Å². The molecule has 0 unspecified atom stereocenters. The van der Waals surface area contributed by atoms with E-state index in [1.807, 2.05) is 24.3 Å². The third-order valence-corrected chi connectivity index (χ3v) is 9.28. The number of aliphatic hydroxyl groups excluding tert-OH is 1. The molecule has 2 aromatic heterocycles. The van der Waals surface area contributed by atoms with Gasteiger partial charge in [-0.15, -0.1) is 0 Å². The number of hydrogen-bond donors (Lipinski definition) is 1. The molecule has 0 radical (unpaired) electrons. The maximum atomic E-state index is 13.9. The first-order chi connectivity index (χ1) is 18.5. The molecule has 38 heavy (non-hydrogen) atoms. The number of morpholine rings is 1. The van der Waals surface area contributed by atoms with Crippen LogP contribution >= 0.6 is 0 Å². The van der Waals surface area contributed by atoms with E-state index in [2.05, 4.69) is 21.9 Å². The first-order valence-electron chi connectivity index (χ1n) is 13.1. The molecule has 0 aliphatic carbocycles. The quantitative estimate of drug-likeness (QED) is 0.405. The van der Waals surface area contributed by atoms with Crippen LogP contribution < -0.4 is 4.90 Å². The molecule has 4 aromatic rings. The largest absolute Gasteiger partial charge is 0.393 e. The molecule has 0 spiro atoms. The number of benzene rings is 2. The highest BCUT2D eigenvalue weighted by atomic mass is 32.2. The highest BCUT2D eigenvalue weighted by molar-refractivity contribution is 7.90. The molecule has 8 nitrogen and oxygen atoms in total. The Hall–Kier alpha value is -3.24. The third kappa shape index (κ3) is 4.82. The van der Waals surface area contributed by atoms with E-state index in [1.165, 1.54) is 3.97 Å². The molecule has 2 fully saturated rings. The predicted octanol–water partition coefficient (Wildman–Crippen LogP) is 3.73. The fourth-order valence-corrected chi connectivity index (χ4v) is 6.98. The number of nitrogens with zero attached hydrogens (tertiary/aromatic N) is 4. The van der Waals surface area contributed by atoms with Crippen LogP contribution in [0.15, 0.2) is 77.8 Å². The molecule has 0 amide bonds. The standard InChI is InChI=1S/C29H32N4O4S/c34-25-11-14-32(15-12-25)23-8-6-22(7-9-23)29-27-20-24(21-31-16-18-37-19-17-31)33(28(27)10-13-30-29)38(35,36)26-4-2-1-3-5-26/h1-10,13,20,25,34H,11-12,14-19,21H2. The summed E-state index contributed by atoms with van der Waals surface area (Å²) >= 11 is 0. The van der Waals surface area contributed by atoms with Gasteiger partial charge >= 0.3 is 0 Å². The van der Waals surface area contributed by atoms with E-state index < -0.39 is 10.0 Å². The zero-order valence-corrected chi connectivity index (χ0v) is 22.1. The van der Waals surface area contributed by atoms with Gasteiger partial charge in [0.15, 0.2) is 0 Å². The van der Waals surface area contributed by atoms with Gasteiger partial charge in [-0.05, 0) is 49.2 Å². The Balaban J connectivity index is 1.43. The van der Waals surface area contributed by atoms with Gasteiger partial charge in [0.2, 0.25) is 0 Å². The Labute approximate surface area is 223 Å². The monoisotopic (exact) mass is 532 g/mol. The molecule has 2 aliphatic rings. The van der Waals surface area contributed by atoms with Crippen LogP contribution in [0.4, 0.5) is 5.69 Å². The minimum atomic E-state index is -3.82. The van der Waals surface area contributed by atoms with Gasteiger partial charge in [0, 0.05) is 61.3 Å². The van der Waals surface area contributed by atoms with Crippen molar-refractivity contribution >= 4 is 26.6 Å². The molecule has 2 aliphatic heterocycles. The van der Waals surface area contributed by atoms with Gasteiger partial charge in [-0.3, -0.25) is 9.88 Å². The van der Waals surface area contributed by atoms with Crippen LogP contribution in [0.25, 0.3) is 22.2 Å². The minimum Gasteiger partial charge on any atom is -0.393 e. The van der Waals surface area contributed by atoms with E-state index in [9.17, 15) is 13.5 Å². The number of piperidine rings is 1. The van der Waals surface area contributed by atoms with Gasteiger partial charge in [-0.1, -0.05) is 30.3 Å². The number of aromatic nitrogens is 2. The summed E-state index contributed by atoms with van der Waals surface area (Å²) in [4.78, 5) is 9.47. The van der Waals surface area contributed by atoms with Crippen molar-refractivity contribution in [2.45, 2.75) is 30.4 Å². The van der Waals surface area contributed by atoms with E-state index in [1.54, 1.807) is 36.5 Å². The predicted molar refractivity (Wildman–Crippen MR) is 148 cm³/mol. The van der Waals surface area contributed by atoms with Gasteiger partial charge in [-0.25, -0.2) is 12.4 Å². The molecule has 2 aromatic carbocycles. The number of pyridine rings is 1. The lowest BCUT2D eigenvalue weighted by molar-refractivity contribution is 0.0336. The van der Waals surface area contributed by atoms with Crippen LogP contribution in [0.2, 0.25) is 0 Å². The summed E-state index contributed by atoms with van der Waals surface area (Å²) in [7, 11) is -3.82. The minimum absolute atomic E-state index is 0.213. The lowest BCUT2D eigenvalue weighted by Crippen LogP contribution is -2.36. The number of fused-ring (bicyclic) bond motifs is 1. The van der Waals surface area contributed by atoms with Crippen molar-refractivity contribution in [1.29, 1.82) is 0 Å². The van der Waals surface area contributed by atoms with Gasteiger partial charge < -0.3 is 14.7 Å². The van der Waals surface area contributed by atoms with Crippen LogP contribution in [-0.2, 0) is 21.3 Å². The molecule has 198 valence electrons. The zero-order valence-electron chi connectivity index (χ0n) is 21.2. The van der Waals surface area contributed by atoms with Crippen molar-refractivity contribution in [3.63, 3.8) is 0 Å². The lowest BCUT2D eigenvalue weighted by Gasteiger charge is -2.31. The molecule has 9 heteroatoms. The number of rotatable bonds is 6. The molecule has 0 bridgehead atoms. The summed E-state index contributed by atoms with van der Waals surface area (Å²) in [6.45, 7) is 4.96. The van der Waals surface area contributed by atoms with Crippen molar-refractivity contribution < 1.29 is 18.3 Å². The molecular weight excluding hydrogens is 500 g/mol. The lowest BCUT2D eigenvalue weighted by atomic mass is 10.0. The van der Waals surface area contributed by atoms with Gasteiger partial charge in [0.05, 0.1) is 35.4 Å². The first-order valence-corrected chi connectivity index (χ1v) is 14.6. The SMILES string of the molecule is O=S(=O)(c1ccccc1)n1c(CN2CCOCC2)cc2c(-c3ccc(N4CCC(O)CC4)cc3)nccc21. The number of anilines is 1. The topological polar surface area (TPSA) is 87.9 Å². The maximum absolute atomic E-state index is 13.9. The summed E-state index contributed by atoms with van der Waals surface area (Å²) in [5.74, 6) is 0. The van der Waals surface area contributed by atoms with E-state index >= 15 is 0 Å². The summed E-state index contributed by atoms with van der Waals surface area (Å²) in [5.41, 5.74) is 4.14. The Morgan fingerprint density at radius 2 is 1.63 bits per heavy atom. The normalized spacial score (nSPS) is 17.8. The van der Waals surface area contributed by atoms with Gasteiger partial charge in [0.1, 0.15) is 0 Å². The Morgan fingerprint density at radius 1 is 0.921 bits per heavy atom. The fourth-order valence-electron chi connectivity index (χ4n) is 5.43. The second-order valence-electron chi connectivity index (χ2n) is 9.96. The molecule has 4 heterocycles. The van der Waals surface area contributed by atoms with E-state index in [4.69, 9.17) is 9.72 Å². The molecule has 0 saturated carbocycles. The Kier molecular flexibility index (Phi) is 6.92. The van der Waals surface area contributed by atoms with Crippen molar-refractivity contribution in [3.05, 3.63) is 78.6 Å². The van der Waals surface area contributed by atoms with E-state index in [-0.39, 0.29) is 11.0 Å². The van der Waals surface area contributed by atoms with Crippen LogP contribution in [0.3, 0.4) is 0 Å². The maximum Gasteiger partial charge on any atom is 0.268 e. The summed E-state index contributed by atoms with van der Waals surface area (Å²) in [6.07, 6.45) is 3.03. The second kappa shape index (κ2) is 10.5. The van der Waals surface area contributed by atoms with Crippen molar-refractivity contribution in [2.24, 2.45) is 0 Å². The summed E-state index contributed by atoms with van der Waals surface area (Å²) < 4.78 is 34.9. The second-order valence-corrected chi connectivity index (χ2v) is 11.8. The summed E-state index contributed by atoms with van der Waals surface area (Å²) in [6, 6.07) is 20.6. The Morgan fingerprint density at radius 3 is 2.34 bits per heavy atom. The molecule has 0 atom stereocenters. The number of hydrogen-bond acceptors (Lipinski definition) is 7. The Bertz CT molecular complexity index is 1510. The smallest absolute Gasteiger partial charge is 0.268 e. The van der Waals surface area contributed by atoms with Gasteiger partial charge in [0.25, 0.3) is 10.0 Å². The first kappa shape index (κ1) is 25.1. The zero-order chi connectivity index (χ0) is 26.1. The molecule has 6 rings (SSSR count). The highest BCUT2D eigenvalue weighted by Crippen LogP contribution is 2.33. The molecule has 2 saturated heterocycles. The number of ether oxygens (including phenoxy) is 1. The third-order valence-electron chi connectivity index (χ3n) is 7.50. The summed E-state index contributed by atoms with van der Waals surface area (Å²) in [5, 5.41) is 10.6. The fraction of sp³-hybridized carbons (Fsp3) is 0.345. The molecule has 1 N–H and O–H groups in total. The van der Waals surface area contributed by atoms with Gasteiger partial charge in [-0.2, -0.15) is 0 Å².